The molecule has 0 aliphatic carbocycles. The molecule has 0 radical (unpaired) electrons. The minimum absolute atomic E-state index is 0.482. The van der Waals surface area contributed by atoms with Crippen molar-refractivity contribution in [2.45, 2.75) is 73.6 Å². The maximum absolute atomic E-state index is 13.7. The normalized spacial score (nSPS) is 9.66. The van der Waals surface area contributed by atoms with Crippen LogP contribution < -0.4 is 0 Å². The van der Waals surface area contributed by atoms with Gasteiger partial charge in [-0.25, -0.2) is 8.78 Å². The lowest BCUT2D eigenvalue weighted by atomic mass is 9.99. The van der Waals surface area contributed by atoms with E-state index in [-0.39, 0.29) is 0 Å². The van der Waals surface area contributed by atoms with Crippen LogP contribution in [0.15, 0.2) is 48.7 Å². The van der Waals surface area contributed by atoms with Crippen molar-refractivity contribution in [3.63, 3.8) is 0 Å². The molecule has 0 fully saturated rings. The quantitative estimate of drug-likeness (QED) is 0.423. The Kier molecular flexibility index (Phi) is 14.6. The van der Waals surface area contributed by atoms with Crippen LogP contribution in [-0.4, -0.2) is 6.61 Å². The molecule has 3 heteroatoms. The number of rotatable bonds is 7. The minimum Gasteiger partial charge on any atom is -0.499 e. The highest BCUT2D eigenvalue weighted by molar-refractivity contribution is 5.30. The fourth-order valence-electron chi connectivity index (χ4n) is 2.30. The summed E-state index contributed by atoms with van der Waals surface area (Å²) in [5.41, 5.74) is 3.63. The topological polar surface area (TPSA) is 9.23 Å². The number of aryl methyl sites for hydroxylation is 3. The fourth-order valence-corrected chi connectivity index (χ4v) is 2.30. The molecular weight excluding hydrogens is 366 g/mol. The molecule has 0 saturated heterocycles. The third-order valence-electron chi connectivity index (χ3n) is 4.27. The summed E-state index contributed by atoms with van der Waals surface area (Å²) >= 11 is 0. The molecule has 0 aliphatic heterocycles. The highest BCUT2D eigenvalue weighted by Gasteiger charge is 2.10. The maximum Gasteiger partial charge on any atom is 0.162 e. The molecule has 162 valence electrons. The lowest BCUT2D eigenvalue weighted by Crippen LogP contribution is -2.00. The fraction of sp³-hybridized carbons (Fsp3) is 0.462. The molecule has 2 aromatic rings. The number of allylic oxidation sites excluding steroid dienone is 1. The highest BCUT2D eigenvalue weighted by Crippen LogP contribution is 2.18. The van der Waals surface area contributed by atoms with E-state index in [1.807, 2.05) is 45.0 Å². The van der Waals surface area contributed by atoms with Gasteiger partial charge in [-0.1, -0.05) is 76.1 Å². The lowest BCUT2D eigenvalue weighted by Gasteiger charge is -2.08. The zero-order valence-electron chi connectivity index (χ0n) is 19.1. The molecule has 0 amide bonds. The molecule has 0 heterocycles. The number of hydrogen-bond donors (Lipinski definition) is 0. The van der Waals surface area contributed by atoms with Gasteiger partial charge < -0.3 is 4.74 Å². The summed E-state index contributed by atoms with van der Waals surface area (Å²) in [6, 6.07) is 10.9. The van der Waals surface area contributed by atoms with E-state index in [4.69, 9.17) is 4.74 Å². The Labute approximate surface area is 176 Å². The van der Waals surface area contributed by atoms with Crippen LogP contribution in [0.2, 0.25) is 0 Å². The van der Waals surface area contributed by atoms with Gasteiger partial charge >= 0.3 is 0 Å². The average Bonchev–Trinajstić information content (AvgIpc) is 2.71. The van der Waals surface area contributed by atoms with E-state index in [1.165, 1.54) is 24.5 Å². The minimum atomic E-state index is -0.764. The zero-order valence-corrected chi connectivity index (χ0v) is 19.1. The van der Waals surface area contributed by atoms with E-state index in [9.17, 15) is 8.78 Å². The summed E-state index contributed by atoms with van der Waals surface area (Å²) in [7, 11) is 0. The van der Waals surface area contributed by atoms with Crippen LogP contribution in [0.1, 0.15) is 69.2 Å². The summed E-state index contributed by atoms with van der Waals surface area (Å²) in [5.74, 6) is -0.663. The van der Waals surface area contributed by atoms with Crippen molar-refractivity contribution in [3.05, 3.63) is 82.6 Å². The average molecular weight is 405 g/mol. The van der Waals surface area contributed by atoms with Gasteiger partial charge in [0.1, 0.15) is 0 Å². The summed E-state index contributed by atoms with van der Waals surface area (Å²) in [6.45, 7) is 16.5. The second kappa shape index (κ2) is 15.7. The van der Waals surface area contributed by atoms with Gasteiger partial charge in [0.15, 0.2) is 11.6 Å². The molecule has 1 nitrogen and oxygen atoms in total. The molecule has 0 aliphatic rings. The molecule has 2 aromatic carbocycles. The Morgan fingerprint density at radius 2 is 1.45 bits per heavy atom. The summed E-state index contributed by atoms with van der Waals surface area (Å²) in [5, 5.41) is 0. The molecule has 0 atom stereocenters. The lowest BCUT2D eigenvalue weighted by molar-refractivity contribution is 0.216. The Bertz CT molecular complexity index is 703. The third-order valence-corrected chi connectivity index (χ3v) is 4.27. The summed E-state index contributed by atoms with van der Waals surface area (Å²) < 4.78 is 31.8. The first-order valence-corrected chi connectivity index (χ1v) is 10.5. The van der Waals surface area contributed by atoms with Gasteiger partial charge in [-0.15, -0.1) is 0 Å². The van der Waals surface area contributed by atoms with Gasteiger partial charge in [-0.3, -0.25) is 0 Å². The van der Waals surface area contributed by atoms with Crippen LogP contribution in [0.4, 0.5) is 8.78 Å². The number of unbranched alkanes of at least 4 members (excludes halogenated alkanes) is 1. The molecule has 2 rings (SSSR count). The molecule has 0 aromatic heterocycles. The monoisotopic (exact) mass is 404 g/mol. The molecule has 29 heavy (non-hydrogen) atoms. The van der Waals surface area contributed by atoms with Crippen molar-refractivity contribution in [3.8, 4) is 0 Å². The van der Waals surface area contributed by atoms with Crippen LogP contribution in [0.5, 0.6) is 0 Å². The Morgan fingerprint density at radius 3 is 1.90 bits per heavy atom. The smallest absolute Gasteiger partial charge is 0.162 e. The van der Waals surface area contributed by atoms with Gasteiger partial charge in [0.25, 0.3) is 0 Å². The third kappa shape index (κ3) is 12.1. The van der Waals surface area contributed by atoms with Crippen molar-refractivity contribution >= 4 is 0 Å². The standard InChI is InChI=1S/C16H16F2.C6H12O.C4H10/c1-11-3-6-13(7-4-11)8-9-14-12(2)5-10-15(17)16(14)18;1-4-5-7-6(2)3;1-3-4-2/h3-7,10H,8-9H2,1-2H3;2,4-5H2,1,3H3;3-4H2,1-2H3. The molecule has 0 unspecified atom stereocenters. The van der Waals surface area contributed by atoms with Crippen LogP contribution in [0.25, 0.3) is 0 Å². The maximum atomic E-state index is 13.7. The predicted molar refractivity (Wildman–Crippen MR) is 121 cm³/mol. The van der Waals surface area contributed by atoms with E-state index in [0.717, 1.165) is 36.3 Å². The molecule has 0 saturated carbocycles. The van der Waals surface area contributed by atoms with Crippen LogP contribution in [-0.2, 0) is 17.6 Å². The van der Waals surface area contributed by atoms with Crippen LogP contribution in [0, 0.1) is 25.5 Å². The van der Waals surface area contributed by atoms with Crippen molar-refractivity contribution in [1.82, 2.24) is 0 Å². The number of hydrogen-bond acceptors (Lipinski definition) is 1. The highest BCUT2D eigenvalue weighted by atomic mass is 19.2. The van der Waals surface area contributed by atoms with Crippen molar-refractivity contribution < 1.29 is 13.5 Å². The van der Waals surface area contributed by atoms with E-state index < -0.39 is 11.6 Å². The second-order valence-electron chi connectivity index (χ2n) is 7.19. The second-order valence-corrected chi connectivity index (χ2v) is 7.19. The zero-order chi connectivity index (χ0) is 22.2. The predicted octanol–water partition coefficient (Wildman–Crippen LogP) is 8.12. The first-order valence-electron chi connectivity index (χ1n) is 10.5. The Balaban J connectivity index is 0.000000594. The van der Waals surface area contributed by atoms with Gasteiger partial charge in [-0.05, 0) is 62.8 Å². The summed E-state index contributed by atoms with van der Waals surface area (Å²) in [4.78, 5) is 0. The number of ether oxygens (including phenoxy) is 1. The SMILES string of the molecule is C=C(C)OCCC.CCCC.Cc1ccc(CCc2c(C)ccc(F)c2F)cc1. The number of halogens is 2. The Hall–Kier alpha value is -2.16. The number of benzene rings is 2. The van der Waals surface area contributed by atoms with E-state index in [0.29, 0.717) is 12.0 Å². The van der Waals surface area contributed by atoms with Crippen LogP contribution in [0.3, 0.4) is 0 Å². The van der Waals surface area contributed by atoms with Gasteiger partial charge in [0, 0.05) is 0 Å². The molecule has 0 N–H and O–H groups in total. The Morgan fingerprint density at radius 1 is 0.862 bits per heavy atom. The summed E-state index contributed by atoms with van der Waals surface area (Å²) in [6.07, 6.45) is 4.95. The largest absolute Gasteiger partial charge is 0.499 e. The van der Waals surface area contributed by atoms with E-state index >= 15 is 0 Å². The first-order chi connectivity index (χ1) is 13.8. The van der Waals surface area contributed by atoms with Crippen LogP contribution >= 0.6 is 0 Å². The molecule has 0 spiro atoms. The van der Waals surface area contributed by atoms with Crippen molar-refractivity contribution in [1.29, 1.82) is 0 Å². The van der Waals surface area contributed by atoms with Gasteiger partial charge in [0.05, 0.1) is 12.4 Å². The van der Waals surface area contributed by atoms with Crippen molar-refractivity contribution in [2.75, 3.05) is 6.61 Å². The van der Waals surface area contributed by atoms with E-state index in [1.54, 1.807) is 6.07 Å². The first kappa shape index (κ1) is 26.8. The molecular formula is C26H38F2O. The van der Waals surface area contributed by atoms with Crippen molar-refractivity contribution in [2.24, 2.45) is 0 Å². The molecule has 0 bridgehead atoms. The van der Waals surface area contributed by atoms with Gasteiger partial charge in [0.2, 0.25) is 0 Å². The van der Waals surface area contributed by atoms with E-state index in [2.05, 4.69) is 27.4 Å². The van der Waals surface area contributed by atoms with Gasteiger partial charge in [-0.2, -0.15) is 0 Å².